The van der Waals surface area contributed by atoms with E-state index in [0.717, 1.165) is 12.8 Å². The number of rotatable bonds is 9. The van der Waals surface area contributed by atoms with Crippen LogP contribution in [0.4, 0.5) is 0 Å². The predicted octanol–water partition coefficient (Wildman–Crippen LogP) is 2.45. The van der Waals surface area contributed by atoms with Gasteiger partial charge in [-0.1, -0.05) is 25.5 Å². The van der Waals surface area contributed by atoms with Crippen molar-refractivity contribution in [2.75, 3.05) is 13.2 Å². The second-order valence-corrected chi connectivity index (χ2v) is 5.80. The van der Waals surface area contributed by atoms with E-state index >= 15 is 0 Å². The number of phenolic OH excluding ortho intramolecular Hbond substituents is 1. The predicted molar refractivity (Wildman–Crippen MR) is 103 cm³/mol. The molecule has 0 atom stereocenters. The molecule has 2 rings (SSSR count). The quantitative estimate of drug-likeness (QED) is 0.359. The molecule has 0 aliphatic heterocycles. The smallest absolute Gasteiger partial charge is 0.259 e. The summed E-state index contributed by atoms with van der Waals surface area (Å²) in [7, 11) is 0. The molecule has 0 aliphatic carbocycles. The lowest BCUT2D eigenvalue weighted by atomic mass is 10.2. The van der Waals surface area contributed by atoms with Gasteiger partial charge >= 0.3 is 0 Å². The van der Waals surface area contributed by atoms with Crippen molar-refractivity contribution in [2.24, 2.45) is 5.10 Å². The van der Waals surface area contributed by atoms with E-state index in [-0.39, 0.29) is 18.2 Å². The summed E-state index contributed by atoms with van der Waals surface area (Å²) in [4.78, 5) is 23.8. The number of ether oxygens (including phenoxy) is 1. The van der Waals surface area contributed by atoms with Gasteiger partial charge in [0.1, 0.15) is 11.5 Å². The molecule has 0 aliphatic rings. The number of carbonyl (C=O) groups is 2. The Balaban J connectivity index is 1.75. The number of amides is 2. The molecule has 3 N–H and O–H groups in total. The lowest BCUT2D eigenvalue weighted by Gasteiger charge is -2.07. The van der Waals surface area contributed by atoms with E-state index in [1.165, 1.54) is 18.3 Å². The van der Waals surface area contributed by atoms with Gasteiger partial charge < -0.3 is 15.2 Å². The van der Waals surface area contributed by atoms with E-state index in [1.54, 1.807) is 36.4 Å². The molecule has 2 aromatic carbocycles. The number of hydrazone groups is 1. The average Bonchev–Trinajstić information content (AvgIpc) is 2.67. The van der Waals surface area contributed by atoms with E-state index in [0.29, 0.717) is 23.5 Å². The first-order chi connectivity index (χ1) is 13.1. The highest BCUT2D eigenvalue weighted by Gasteiger charge is 2.07. The van der Waals surface area contributed by atoms with Crippen molar-refractivity contribution in [3.63, 3.8) is 0 Å². The molecule has 7 heteroatoms. The van der Waals surface area contributed by atoms with Gasteiger partial charge in [-0.2, -0.15) is 5.10 Å². The number of hydrogen-bond acceptors (Lipinski definition) is 5. The van der Waals surface area contributed by atoms with Crippen molar-refractivity contribution in [3.05, 3.63) is 59.7 Å². The van der Waals surface area contributed by atoms with Crippen LogP contribution in [0.15, 0.2) is 53.6 Å². The van der Waals surface area contributed by atoms with Gasteiger partial charge in [-0.3, -0.25) is 9.59 Å². The zero-order chi connectivity index (χ0) is 19.5. The number of nitrogens with one attached hydrogen (secondary N) is 2. The Morgan fingerprint density at radius 3 is 2.67 bits per heavy atom. The SMILES string of the molecule is CCCCOc1ccc(C(=O)NCC(=O)N/N=C/c2cccc(O)c2)cc1. The fourth-order valence-electron chi connectivity index (χ4n) is 2.12. The number of aromatic hydroxyl groups is 1. The van der Waals surface area contributed by atoms with Gasteiger partial charge in [-0.15, -0.1) is 0 Å². The van der Waals surface area contributed by atoms with Crippen LogP contribution in [0.1, 0.15) is 35.7 Å². The van der Waals surface area contributed by atoms with Gasteiger partial charge in [0.2, 0.25) is 0 Å². The first-order valence-electron chi connectivity index (χ1n) is 8.70. The molecule has 0 spiro atoms. The Morgan fingerprint density at radius 1 is 1.19 bits per heavy atom. The molecular weight excluding hydrogens is 346 g/mol. The summed E-state index contributed by atoms with van der Waals surface area (Å²) >= 11 is 0. The number of unbranched alkanes of at least 4 members (excludes halogenated alkanes) is 1. The Morgan fingerprint density at radius 2 is 1.96 bits per heavy atom. The molecule has 27 heavy (non-hydrogen) atoms. The van der Waals surface area contributed by atoms with Crippen molar-refractivity contribution in [1.29, 1.82) is 0 Å². The first-order valence-corrected chi connectivity index (χ1v) is 8.70. The monoisotopic (exact) mass is 369 g/mol. The maximum Gasteiger partial charge on any atom is 0.259 e. The van der Waals surface area contributed by atoms with Gasteiger partial charge in [-0.25, -0.2) is 5.43 Å². The average molecular weight is 369 g/mol. The maximum atomic E-state index is 12.1. The number of benzene rings is 2. The molecule has 0 radical (unpaired) electrons. The molecule has 2 amide bonds. The van der Waals surface area contributed by atoms with Crippen LogP contribution in [0.25, 0.3) is 0 Å². The summed E-state index contributed by atoms with van der Waals surface area (Å²) in [6.45, 7) is 2.53. The van der Waals surface area contributed by atoms with E-state index in [4.69, 9.17) is 4.74 Å². The highest BCUT2D eigenvalue weighted by atomic mass is 16.5. The fraction of sp³-hybridized carbons (Fsp3) is 0.250. The molecule has 142 valence electrons. The third-order valence-electron chi connectivity index (χ3n) is 3.57. The van der Waals surface area contributed by atoms with Gasteiger partial charge in [-0.05, 0) is 48.4 Å². The molecule has 0 heterocycles. The van der Waals surface area contributed by atoms with Crippen molar-refractivity contribution >= 4 is 18.0 Å². The third kappa shape index (κ3) is 7.19. The Bertz CT molecular complexity index is 788. The third-order valence-corrected chi connectivity index (χ3v) is 3.57. The molecule has 0 saturated heterocycles. The second kappa shape index (κ2) is 10.6. The number of hydrogen-bond donors (Lipinski definition) is 3. The standard InChI is InChI=1S/C20H23N3O4/c1-2-3-11-27-18-9-7-16(8-10-18)20(26)21-14-19(25)23-22-13-15-5-4-6-17(24)12-15/h4-10,12-13,24H,2-3,11,14H2,1H3,(H,21,26)(H,23,25)/b22-13+. The Kier molecular flexibility index (Phi) is 7.84. The van der Waals surface area contributed by atoms with Crippen LogP contribution in [-0.4, -0.2) is 36.3 Å². The summed E-state index contributed by atoms with van der Waals surface area (Å²) in [5.41, 5.74) is 3.39. The molecular formula is C20H23N3O4. The van der Waals surface area contributed by atoms with Gasteiger partial charge in [0, 0.05) is 5.56 Å². The molecule has 2 aromatic rings. The molecule has 0 aromatic heterocycles. The summed E-state index contributed by atoms with van der Waals surface area (Å²) in [5, 5.41) is 15.6. The van der Waals surface area contributed by atoms with Crippen LogP contribution in [0.3, 0.4) is 0 Å². The summed E-state index contributed by atoms with van der Waals surface area (Å²) in [6.07, 6.45) is 3.43. The maximum absolute atomic E-state index is 12.1. The topological polar surface area (TPSA) is 100 Å². The van der Waals surface area contributed by atoms with E-state index < -0.39 is 5.91 Å². The van der Waals surface area contributed by atoms with Crippen molar-refractivity contribution < 1.29 is 19.4 Å². The van der Waals surface area contributed by atoms with Crippen molar-refractivity contribution in [2.45, 2.75) is 19.8 Å². The van der Waals surface area contributed by atoms with Crippen LogP contribution in [0.5, 0.6) is 11.5 Å². The van der Waals surface area contributed by atoms with E-state index in [2.05, 4.69) is 22.8 Å². The Hall–Kier alpha value is -3.35. The number of carbonyl (C=O) groups excluding carboxylic acids is 2. The van der Waals surface area contributed by atoms with Gasteiger partial charge in [0.05, 0.1) is 19.4 Å². The van der Waals surface area contributed by atoms with Crippen LogP contribution < -0.4 is 15.5 Å². The van der Waals surface area contributed by atoms with E-state index in [1.807, 2.05) is 0 Å². The van der Waals surface area contributed by atoms with Crippen LogP contribution >= 0.6 is 0 Å². The fourth-order valence-corrected chi connectivity index (χ4v) is 2.12. The largest absolute Gasteiger partial charge is 0.508 e. The minimum atomic E-state index is -0.459. The zero-order valence-electron chi connectivity index (χ0n) is 15.1. The van der Waals surface area contributed by atoms with Crippen LogP contribution in [-0.2, 0) is 4.79 Å². The normalized spacial score (nSPS) is 10.6. The summed E-state index contributed by atoms with van der Waals surface area (Å²) < 4.78 is 5.54. The molecule has 0 bridgehead atoms. The highest BCUT2D eigenvalue weighted by molar-refractivity contribution is 5.96. The highest BCUT2D eigenvalue weighted by Crippen LogP contribution is 2.12. The molecule has 7 nitrogen and oxygen atoms in total. The van der Waals surface area contributed by atoms with Crippen LogP contribution in [0, 0.1) is 0 Å². The minimum absolute atomic E-state index is 0.110. The second-order valence-electron chi connectivity index (χ2n) is 5.80. The van der Waals surface area contributed by atoms with E-state index in [9.17, 15) is 14.7 Å². The lowest BCUT2D eigenvalue weighted by Crippen LogP contribution is -2.34. The summed E-state index contributed by atoms with van der Waals surface area (Å²) in [6, 6.07) is 13.2. The lowest BCUT2D eigenvalue weighted by molar-refractivity contribution is -0.120. The molecule has 0 fully saturated rings. The first kappa shape index (κ1) is 20.0. The minimum Gasteiger partial charge on any atom is -0.508 e. The van der Waals surface area contributed by atoms with Crippen LogP contribution in [0.2, 0.25) is 0 Å². The van der Waals surface area contributed by atoms with Gasteiger partial charge in [0.25, 0.3) is 11.8 Å². The molecule has 0 saturated carbocycles. The number of phenols is 1. The molecule has 0 unspecified atom stereocenters. The summed E-state index contributed by atoms with van der Waals surface area (Å²) in [5.74, 6) is -0.000146. The van der Waals surface area contributed by atoms with Crippen molar-refractivity contribution in [1.82, 2.24) is 10.7 Å². The van der Waals surface area contributed by atoms with Gasteiger partial charge in [0.15, 0.2) is 0 Å². The number of nitrogens with zero attached hydrogens (tertiary/aromatic N) is 1. The van der Waals surface area contributed by atoms with Crippen molar-refractivity contribution in [3.8, 4) is 11.5 Å². The Labute approximate surface area is 158 Å². The zero-order valence-corrected chi connectivity index (χ0v) is 15.1.